The molecule has 0 aliphatic heterocycles. The van der Waals surface area contributed by atoms with Crippen molar-refractivity contribution in [1.29, 1.82) is 0 Å². The molecule has 0 saturated carbocycles. The Morgan fingerprint density at radius 2 is 2.00 bits per heavy atom. The normalized spacial score (nSPS) is 10.6. The number of benzene rings is 1. The molecule has 0 bridgehead atoms. The average molecular weight is 207 g/mol. The number of hydrogen-bond acceptors (Lipinski definition) is 5. The third-order valence-corrected chi connectivity index (χ3v) is 2.17. The minimum absolute atomic E-state index is 0.0260. The second kappa shape index (κ2) is 3.38. The second-order valence-corrected chi connectivity index (χ2v) is 3.22. The molecule has 0 fully saturated rings. The minimum Gasteiger partial charge on any atom is -0.423 e. The van der Waals surface area contributed by atoms with Crippen LogP contribution in [-0.2, 0) is 0 Å². The first kappa shape index (κ1) is 9.70. The Kier molecular flexibility index (Phi) is 2.18. The fraction of sp³-hybridized carbons (Fsp3) is 0.100. The molecule has 0 amide bonds. The summed E-state index contributed by atoms with van der Waals surface area (Å²) in [6.45, 7) is 1.79. The van der Waals surface area contributed by atoms with E-state index in [0.717, 1.165) is 10.9 Å². The van der Waals surface area contributed by atoms with Crippen molar-refractivity contribution in [1.82, 2.24) is 0 Å². The molecule has 1 aromatic heterocycles. The van der Waals surface area contributed by atoms with Gasteiger partial charge in [0.1, 0.15) is 5.58 Å². The number of rotatable bonds is 1. The van der Waals surface area contributed by atoms with Gasteiger partial charge in [0.25, 0.3) is 0 Å². The maximum absolute atomic E-state index is 11.1. The van der Waals surface area contributed by atoms with Crippen LogP contribution in [0, 0.1) is 6.92 Å². The molecule has 15 heavy (non-hydrogen) atoms. The van der Waals surface area contributed by atoms with Crippen LogP contribution in [0.15, 0.2) is 33.5 Å². The highest BCUT2D eigenvalue weighted by molar-refractivity contribution is 5.82. The van der Waals surface area contributed by atoms with Crippen molar-refractivity contribution in [2.75, 3.05) is 5.23 Å². The maximum Gasteiger partial charge on any atom is 0.336 e. The first-order valence-electron chi connectivity index (χ1n) is 4.30. The lowest BCUT2D eigenvalue weighted by Crippen LogP contribution is -2.10. The Labute approximate surface area is 84.7 Å². The number of fused-ring (bicyclic) bond motifs is 1. The highest BCUT2D eigenvalue weighted by Crippen LogP contribution is 2.21. The molecule has 5 heteroatoms. The molecule has 5 nitrogen and oxygen atoms in total. The van der Waals surface area contributed by atoms with E-state index in [1.807, 2.05) is 0 Å². The van der Waals surface area contributed by atoms with Crippen molar-refractivity contribution in [3.63, 3.8) is 0 Å². The first-order chi connectivity index (χ1) is 7.08. The summed E-state index contributed by atoms with van der Waals surface area (Å²) in [5.41, 5.74) is 0.789. The van der Waals surface area contributed by atoms with Crippen LogP contribution < -0.4 is 10.9 Å². The molecular formula is C10H9NO4. The van der Waals surface area contributed by atoms with Crippen molar-refractivity contribution in [2.24, 2.45) is 0 Å². The Morgan fingerprint density at radius 1 is 1.27 bits per heavy atom. The fourth-order valence-corrected chi connectivity index (χ4v) is 1.44. The first-order valence-corrected chi connectivity index (χ1v) is 4.30. The monoisotopic (exact) mass is 207 g/mol. The van der Waals surface area contributed by atoms with E-state index in [4.69, 9.17) is 14.8 Å². The zero-order chi connectivity index (χ0) is 11.0. The average Bonchev–Trinajstić information content (AvgIpc) is 2.16. The molecule has 0 aliphatic carbocycles. The quantitative estimate of drug-likeness (QED) is 0.549. The molecule has 0 unspecified atom stereocenters. The van der Waals surface area contributed by atoms with Crippen molar-refractivity contribution >= 4 is 16.7 Å². The van der Waals surface area contributed by atoms with Gasteiger partial charge < -0.3 is 4.42 Å². The van der Waals surface area contributed by atoms with Crippen molar-refractivity contribution in [2.45, 2.75) is 6.92 Å². The molecule has 0 saturated heterocycles. The van der Waals surface area contributed by atoms with E-state index in [2.05, 4.69) is 0 Å². The highest BCUT2D eigenvalue weighted by Gasteiger charge is 2.05. The minimum atomic E-state index is -0.459. The van der Waals surface area contributed by atoms with Gasteiger partial charge >= 0.3 is 5.63 Å². The smallest absolute Gasteiger partial charge is 0.336 e. The summed E-state index contributed by atoms with van der Waals surface area (Å²) in [5, 5.41) is 18.3. The molecule has 78 valence electrons. The third-order valence-electron chi connectivity index (χ3n) is 2.17. The molecule has 2 N–H and O–H groups in total. The lowest BCUT2D eigenvalue weighted by molar-refractivity contribution is 0.0292. The van der Waals surface area contributed by atoms with Crippen molar-refractivity contribution < 1.29 is 14.8 Å². The molecule has 1 heterocycles. The summed E-state index contributed by atoms with van der Waals surface area (Å²) in [5.74, 6) is 0. The van der Waals surface area contributed by atoms with Crippen molar-refractivity contribution in [3.8, 4) is 0 Å². The van der Waals surface area contributed by atoms with E-state index in [1.165, 1.54) is 18.2 Å². The van der Waals surface area contributed by atoms with Gasteiger partial charge in [0.2, 0.25) is 0 Å². The molecule has 0 aliphatic rings. The van der Waals surface area contributed by atoms with E-state index >= 15 is 0 Å². The molecule has 2 aromatic rings. The van der Waals surface area contributed by atoms with Gasteiger partial charge in [-0.15, -0.1) is 5.23 Å². The highest BCUT2D eigenvalue weighted by atomic mass is 16.8. The Balaban J connectivity index is 2.76. The van der Waals surface area contributed by atoms with Gasteiger partial charge in [-0.25, -0.2) is 4.79 Å². The molecule has 0 radical (unpaired) electrons. The Hall–Kier alpha value is -1.85. The number of anilines is 1. The maximum atomic E-state index is 11.1. The largest absolute Gasteiger partial charge is 0.423 e. The van der Waals surface area contributed by atoms with E-state index in [0.29, 0.717) is 5.58 Å². The summed E-state index contributed by atoms with van der Waals surface area (Å²) < 4.78 is 4.93. The number of hydrogen-bond donors (Lipinski definition) is 2. The summed E-state index contributed by atoms with van der Waals surface area (Å²) in [6, 6.07) is 5.93. The van der Waals surface area contributed by atoms with E-state index in [1.54, 1.807) is 13.0 Å². The van der Waals surface area contributed by atoms with Crippen LogP contribution in [0.5, 0.6) is 0 Å². The summed E-state index contributed by atoms with van der Waals surface area (Å²) >= 11 is 0. The Bertz CT molecular complexity index is 559. The lowest BCUT2D eigenvalue weighted by atomic mass is 10.1. The van der Waals surface area contributed by atoms with Crippen LogP contribution in [0.2, 0.25) is 0 Å². The van der Waals surface area contributed by atoms with Gasteiger partial charge in [0.05, 0.1) is 5.69 Å². The summed E-state index contributed by atoms with van der Waals surface area (Å²) in [4.78, 5) is 11.1. The SMILES string of the molecule is Cc1cc(=O)oc2cc(N(O)O)ccc12. The second-order valence-electron chi connectivity index (χ2n) is 3.22. The van der Waals surface area contributed by atoms with E-state index in [9.17, 15) is 4.79 Å². The topological polar surface area (TPSA) is 73.9 Å². The van der Waals surface area contributed by atoms with Crippen LogP contribution in [0.3, 0.4) is 0 Å². The van der Waals surface area contributed by atoms with E-state index in [-0.39, 0.29) is 10.9 Å². The predicted octanol–water partition coefficient (Wildman–Crippen LogP) is 1.69. The number of nitrogens with zero attached hydrogens (tertiary/aromatic N) is 1. The van der Waals surface area contributed by atoms with Crippen LogP contribution in [0.1, 0.15) is 5.56 Å². The zero-order valence-corrected chi connectivity index (χ0v) is 7.97. The van der Waals surface area contributed by atoms with Crippen LogP contribution in [0.4, 0.5) is 5.69 Å². The van der Waals surface area contributed by atoms with Gasteiger partial charge in [-0.3, -0.25) is 10.4 Å². The molecule has 0 spiro atoms. The lowest BCUT2D eigenvalue weighted by Gasteiger charge is -2.08. The van der Waals surface area contributed by atoms with Crippen LogP contribution in [-0.4, -0.2) is 10.4 Å². The standard InChI is InChI=1S/C10H9NO4/c1-6-4-10(12)15-9-5-7(11(13)14)2-3-8(6)9/h2-5,13-14H,1H3. The van der Waals surface area contributed by atoms with Gasteiger partial charge in [-0.2, -0.15) is 0 Å². The summed E-state index contributed by atoms with van der Waals surface area (Å²) in [6.07, 6.45) is 0. The molecule has 1 aromatic carbocycles. The van der Waals surface area contributed by atoms with Gasteiger partial charge in [0, 0.05) is 17.5 Å². The Morgan fingerprint density at radius 3 is 2.67 bits per heavy atom. The van der Waals surface area contributed by atoms with E-state index < -0.39 is 5.63 Å². The van der Waals surface area contributed by atoms with Crippen LogP contribution in [0.25, 0.3) is 11.0 Å². The molecule has 2 rings (SSSR count). The molecule has 0 atom stereocenters. The predicted molar refractivity (Wildman–Crippen MR) is 53.3 cm³/mol. The van der Waals surface area contributed by atoms with Crippen LogP contribution >= 0.6 is 0 Å². The fourth-order valence-electron chi connectivity index (χ4n) is 1.44. The van der Waals surface area contributed by atoms with Gasteiger partial charge in [0.15, 0.2) is 0 Å². The van der Waals surface area contributed by atoms with Gasteiger partial charge in [-0.1, -0.05) is 0 Å². The zero-order valence-electron chi connectivity index (χ0n) is 7.97. The third kappa shape index (κ3) is 1.70. The number of aryl methyl sites for hydroxylation is 1. The van der Waals surface area contributed by atoms with Gasteiger partial charge in [-0.05, 0) is 24.6 Å². The van der Waals surface area contributed by atoms with Crippen molar-refractivity contribution in [3.05, 3.63) is 40.2 Å². The molecular weight excluding hydrogens is 198 g/mol. The summed E-state index contributed by atoms with van der Waals surface area (Å²) in [7, 11) is 0.